The van der Waals surface area contributed by atoms with Crippen molar-refractivity contribution in [1.82, 2.24) is 4.31 Å². The van der Waals surface area contributed by atoms with Gasteiger partial charge in [0.1, 0.15) is 11.6 Å². The van der Waals surface area contributed by atoms with Gasteiger partial charge in [-0.3, -0.25) is 4.79 Å². The molecule has 33 heavy (non-hydrogen) atoms. The molecule has 3 aromatic rings. The number of carbonyl (C=O) groups excluding carboxylic acids is 1. The Morgan fingerprint density at radius 2 is 1.58 bits per heavy atom. The lowest BCUT2D eigenvalue weighted by molar-refractivity contribution is 0.102. The quantitative estimate of drug-likeness (QED) is 0.560. The highest BCUT2D eigenvalue weighted by Crippen LogP contribution is 2.28. The fourth-order valence-corrected chi connectivity index (χ4v) is 5.53. The lowest BCUT2D eigenvalue weighted by Gasteiger charge is -2.31. The first-order valence-corrected chi connectivity index (χ1v) is 12.2. The average molecular weight is 471 g/mol. The molecule has 1 aliphatic rings. The monoisotopic (exact) mass is 470 g/mol. The summed E-state index contributed by atoms with van der Waals surface area (Å²) in [4.78, 5) is 12.1. The van der Waals surface area contributed by atoms with Crippen LogP contribution in [0.15, 0.2) is 77.7 Å². The first kappa shape index (κ1) is 23.1. The van der Waals surface area contributed by atoms with Crippen molar-refractivity contribution in [2.24, 2.45) is 5.92 Å². The third kappa shape index (κ3) is 5.29. The van der Waals surface area contributed by atoms with Crippen LogP contribution in [-0.2, 0) is 16.4 Å². The second-order valence-electron chi connectivity index (χ2n) is 8.11. The number of anilines is 1. The number of hydrogen-bond donors (Lipinski definition) is 1. The van der Waals surface area contributed by atoms with Gasteiger partial charge < -0.3 is 5.32 Å². The summed E-state index contributed by atoms with van der Waals surface area (Å²) in [6.45, 7) is 0.737. The molecule has 1 fully saturated rings. The Morgan fingerprint density at radius 3 is 2.24 bits per heavy atom. The second-order valence-corrected chi connectivity index (χ2v) is 10.1. The average Bonchev–Trinajstić information content (AvgIpc) is 2.81. The molecule has 1 heterocycles. The van der Waals surface area contributed by atoms with E-state index in [1.165, 1.54) is 40.2 Å². The number of nitrogens with one attached hydrogen (secondary N) is 1. The fraction of sp³-hybridized carbons (Fsp3) is 0.240. The Morgan fingerprint density at radius 1 is 0.909 bits per heavy atom. The van der Waals surface area contributed by atoms with Gasteiger partial charge in [0, 0.05) is 13.1 Å². The minimum Gasteiger partial charge on any atom is -0.319 e. The molecule has 1 saturated heterocycles. The molecular formula is C25H24F2N2O3S. The molecule has 1 N–H and O–H groups in total. The number of halogens is 2. The van der Waals surface area contributed by atoms with E-state index in [2.05, 4.69) is 17.4 Å². The standard InChI is InChI=1S/C25H24F2N2O3S/c26-22-9-5-4-8-21(22)25(30)28-24-11-10-20(17-23(24)27)33(31,32)29-14-12-19(13-15-29)16-18-6-2-1-3-7-18/h1-11,17,19H,12-16H2,(H,28,30). The maximum atomic E-state index is 14.6. The van der Waals surface area contributed by atoms with Gasteiger partial charge in [-0.05, 0) is 61.1 Å². The molecule has 0 aliphatic carbocycles. The van der Waals surface area contributed by atoms with E-state index in [4.69, 9.17) is 0 Å². The summed E-state index contributed by atoms with van der Waals surface area (Å²) in [5.41, 5.74) is 0.782. The molecule has 0 atom stereocenters. The van der Waals surface area contributed by atoms with Crippen molar-refractivity contribution in [3.63, 3.8) is 0 Å². The molecular weight excluding hydrogens is 446 g/mol. The second kappa shape index (κ2) is 9.80. The lowest BCUT2D eigenvalue weighted by Crippen LogP contribution is -2.38. The van der Waals surface area contributed by atoms with Crippen LogP contribution in [0.3, 0.4) is 0 Å². The normalized spacial score (nSPS) is 15.3. The predicted octanol–water partition coefficient (Wildman–Crippen LogP) is 4.86. The van der Waals surface area contributed by atoms with Gasteiger partial charge in [-0.2, -0.15) is 4.31 Å². The van der Waals surface area contributed by atoms with E-state index in [9.17, 15) is 22.0 Å². The number of hydrogen-bond acceptors (Lipinski definition) is 3. The van der Waals surface area contributed by atoms with E-state index in [1.807, 2.05) is 18.2 Å². The van der Waals surface area contributed by atoms with Crippen LogP contribution in [0.5, 0.6) is 0 Å². The molecule has 5 nitrogen and oxygen atoms in total. The summed E-state index contributed by atoms with van der Waals surface area (Å²) in [7, 11) is -3.86. The highest BCUT2D eigenvalue weighted by Gasteiger charge is 2.30. The molecule has 1 aliphatic heterocycles. The van der Waals surface area contributed by atoms with Crippen LogP contribution >= 0.6 is 0 Å². The van der Waals surface area contributed by atoms with Gasteiger partial charge in [0.2, 0.25) is 10.0 Å². The van der Waals surface area contributed by atoms with E-state index in [0.29, 0.717) is 19.0 Å². The maximum absolute atomic E-state index is 14.6. The van der Waals surface area contributed by atoms with Crippen molar-refractivity contribution in [1.29, 1.82) is 0 Å². The Labute approximate surface area is 192 Å². The SMILES string of the molecule is O=C(Nc1ccc(S(=O)(=O)N2CCC(Cc3ccccc3)CC2)cc1F)c1ccccc1F. The molecule has 0 saturated carbocycles. The Hall–Kier alpha value is -3.10. The highest BCUT2D eigenvalue weighted by atomic mass is 32.2. The topological polar surface area (TPSA) is 66.5 Å². The Kier molecular flexibility index (Phi) is 6.85. The molecule has 172 valence electrons. The van der Waals surface area contributed by atoms with Crippen LogP contribution in [0.4, 0.5) is 14.5 Å². The molecule has 8 heteroatoms. The van der Waals surface area contributed by atoms with Gasteiger partial charge >= 0.3 is 0 Å². The molecule has 4 rings (SSSR count). The Balaban J connectivity index is 1.42. The van der Waals surface area contributed by atoms with Crippen molar-refractivity contribution in [2.45, 2.75) is 24.2 Å². The van der Waals surface area contributed by atoms with Crippen molar-refractivity contribution in [3.8, 4) is 0 Å². The molecule has 0 spiro atoms. The fourth-order valence-electron chi connectivity index (χ4n) is 4.04. The van der Waals surface area contributed by atoms with Crippen LogP contribution in [0.1, 0.15) is 28.8 Å². The molecule has 3 aromatic carbocycles. The van der Waals surface area contributed by atoms with Crippen molar-refractivity contribution in [3.05, 3.63) is 95.6 Å². The van der Waals surface area contributed by atoms with Gasteiger partial charge in [-0.25, -0.2) is 17.2 Å². The third-order valence-electron chi connectivity index (χ3n) is 5.89. The first-order valence-electron chi connectivity index (χ1n) is 10.7. The third-order valence-corrected chi connectivity index (χ3v) is 7.78. The maximum Gasteiger partial charge on any atom is 0.258 e. The van der Waals surface area contributed by atoms with Gasteiger partial charge in [0.15, 0.2) is 0 Å². The zero-order valence-corrected chi connectivity index (χ0v) is 18.7. The number of carbonyl (C=O) groups is 1. The molecule has 0 unspecified atom stereocenters. The van der Waals surface area contributed by atoms with E-state index in [-0.39, 0.29) is 16.1 Å². The van der Waals surface area contributed by atoms with Crippen molar-refractivity contribution < 1.29 is 22.0 Å². The first-order chi connectivity index (χ1) is 15.8. The van der Waals surface area contributed by atoms with Gasteiger partial charge in [0.25, 0.3) is 5.91 Å². The number of nitrogens with zero attached hydrogens (tertiary/aromatic N) is 1. The van der Waals surface area contributed by atoms with E-state index >= 15 is 0 Å². The van der Waals surface area contributed by atoms with E-state index < -0.39 is 27.6 Å². The van der Waals surface area contributed by atoms with E-state index in [1.54, 1.807) is 0 Å². The van der Waals surface area contributed by atoms with Crippen LogP contribution in [0.2, 0.25) is 0 Å². The summed E-state index contributed by atoms with van der Waals surface area (Å²) < 4.78 is 55.8. The smallest absolute Gasteiger partial charge is 0.258 e. The number of sulfonamides is 1. The summed E-state index contributed by atoms with van der Waals surface area (Å²) in [5.74, 6) is -2.06. The minimum atomic E-state index is -3.86. The zero-order valence-electron chi connectivity index (χ0n) is 17.9. The van der Waals surface area contributed by atoms with Crippen molar-refractivity contribution in [2.75, 3.05) is 18.4 Å². The van der Waals surface area contributed by atoms with Crippen LogP contribution in [0, 0.1) is 17.6 Å². The summed E-state index contributed by atoms with van der Waals surface area (Å²) >= 11 is 0. The highest BCUT2D eigenvalue weighted by molar-refractivity contribution is 7.89. The van der Waals surface area contributed by atoms with E-state index in [0.717, 1.165) is 31.4 Å². The van der Waals surface area contributed by atoms with Gasteiger partial charge in [-0.1, -0.05) is 42.5 Å². The number of piperidine rings is 1. The summed E-state index contributed by atoms with van der Waals surface area (Å²) in [5, 5.41) is 2.29. The summed E-state index contributed by atoms with van der Waals surface area (Å²) in [6, 6.07) is 18.8. The Bertz CT molecular complexity index is 1240. The predicted molar refractivity (Wildman–Crippen MR) is 122 cm³/mol. The largest absolute Gasteiger partial charge is 0.319 e. The number of rotatable bonds is 6. The summed E-state index contributed by atoms with van der Waals surface area (Å²) in [6.07, 6.45) is 2.36. The molecule has 1 amide bonds. The molecule has 0 aromatic heterocycles. The van der Waals surface area contributed by atoms with Crippen molar-refractivity contribution >= 4 is 21.6 Å². The lowest BCUT2D eigenvalue weighted by atomic mass is 9.91. The molecule has 0 radical (unpaired) electrons. The van der Waals surface area contributed by atoms with Gasteiger partial charge in [-0.15, -0.1) is 0 Å². The minimum absolute atomic E-state index is 0.176. The zero-order chi connectivity index (χ0) is 23.4. The molecule has 0 bridgehead atoms. The van der Waals surface area contributed by atoms with Crippen LogP contribution < -0.4 is 5.32 Å². The van der Waals surface area contributed by atoms with Gasteiger partial charge in [0.05, 0.1) is 16.1 Å². The number of benzene rings is 3. The van der Waals surface area contributed by atoms with Crippen LogP contribution in [0.25, 0.3) is 0 Å². The van der Waals surface area contributed by atoms with Crippen LogP contribution in [-0.4, -0.2) is 31.7 Å². The number of amides is 1.